The van der Waals surface area contributed by atoms with E-state index in [1.807, 2.05) is 6.92 Å². The maximum Gasteiger partial charge on any atom is 0.258 e. The van der Waals surface area contributed by atoms with Gasteiger partial charge in [0.2, 0.25) is 5.96 Å². The lowest BCUT2D eigenvalue weighted by Gasteiger charge is -2.23. The van der Waals surface area contributed by atoms with Crippen LogP contribution in [0.2, 0.25) is 0 Å². The molecule has 0 bridgehead atoms. The number of rotatable bonds is 2. The number of aliphatic imine (C=N–C) groups is 2. The number of likely N-dealkylation sites (tertiary alicyclic amines) is 1. The normalized spacial score (nSPS) is 21.9. The summed E-state index contributed by atoms with van der Waals surface area (Å²) in [6.07, 6.45) is 3.01. The lowest BCUT2D eigenvalue weighted by molar-refractivity contribution is -0.119. The maximum absolute atomic E-state index is 12.5. The molecule has 116 valence electrons. The van der Waals surface area contributed by atoms with Gasteiger partial charge in [0, 0.05) is 18.8 Å². The number of nitrogens with zero attached hydrogens (tertiary/aromatic N) is 3. The van der Waals surface area contributed by atoms with Crippen LogP contribution in [0.15, 0.2) is 28.2 Å². The summed E-state index contributed by atoms with van der Waals surface area (Å²) in [6.45, 7) is 8.05. The highest BCUT2D eigenvalue weighted by Crippen LogP contribution is 2.21. The van der Waals surface area contributed by atoms with Crippen molar-refractivity contribution in [2.75, 3.05) is 13.1 Å². The van der Waals surface area contributed by atoms with Crippen LogP contribution >= 0.6 is 0 Å². The molecule has 3 rings (SSSR count). The number of hydrogen-bond donors (Lipinski definition) is 0. The minimum Gasteiger partial charge on any atom is -0.341 e. The van der Waals surface area contributed by atoms with Crippen molar-refractivity contribution in [1.29, 1.82) is 0 Å². The molecule has 1 unspecified atom stereocenters. The zero-order chi connectivity index (χ0) is 15.7. The second kappa shape index (κ2) is 6.03. The first-order valence-corrected chi connectivity index (χ1v) is 8.03. The van der Waals surface area contributed by atoms with Gasteiger partial charge in [0.15, 0.2) is 0 Å². The van der Waals surface area contributed by atoms with E-state index in [1.54, 1.807) is 0 Å². The fraction of sp³-hybridized carbons (Fsp3) is 0.500. The largest absolute Gasteiger partial charge is 0.341 e. The number of hydrogen-bond acceptors (Lipinski definition) is 3. The minimum atomic E-state index is -0.216. The average molecular weight is 297 g/mol. The predicted octanol–water partition coefficient (Wildman–Crippen LogP) is 2.92. The van der Waals surface area contributed by atoms with E-state index in [-0.39, 0.29) is 11.8 Å². The SMILES string of the molecule is CC1=NC(N2CCCC2)=NC(=O)C1Cc1cc(C)ccc1C. The lowest BCUT2D eigenvalue weighted by Crippen LogP contribution is -2.35. The Bertz CT molecular complexity index is 654. The average Bonchev–Trinajstić information content (AvgIpc) is 3.00. The lowest BCUT2D eigenvalue weighted by atomic mass is 9.91. The van der Waals surface area contributed by atoms with Crippen molar-refractivity contribution < 1.29 is 4.79 Å². The highest BCUT2D eigenvalue weighted by molar-refractivity contribution is 6.14. The van der Waals surface area contributed by atoms with Crippen molar-refractivity contribution in [1.82, 2.24) is 4.90 Å². The molecule has 4 nitrogen and oxygen atoms in total. The molecular weight excluding hydrogens is 274 g/mol. The molecule has 0 spiro atoms. The molecule has 1 atom stereocenters. The van der Waals surface area contributed by atoms with Crippen molar-refractivity contribution in [2.45, 2.75) is 40.0 Å². The highest BCUT2D eigenvalue weighted by Gasteiger charge is 2.29. The third kappa shape index (κ3) is 2.96. The van der Waals surface area contributed by atoms with Crippen LogP contribution in [0.5, 0.6) is 0 Å². The Kier molecular flexibility index (Phi) is 4.10. The highest BCUT2D eigenvalue weighted by atomic mass is 16.1. The van der Waals surface area contributed by atoms with Crippen LogP contribution in [0.1, 0.15) is 36.5 Å². The van der Waals surface area contributed by atoms with Gasteiger partial charge in [-0.25, -0.2) is 4.99 Å². The first kappa shape index (κ1) is 14.9. The molecule has 1 aromatic rings. The monoisotopic (exact) mass is 297 g/mol. The van der Waals surface area contributed by atoms with E-state index in [2.05, 4.69) is 46.9 Å². The van der Waals surface area contributed by atoms with Gasteiger partial charge >= 0.3 is 0 Å². The molecule has 2 aliphatic heterocycles. The summed E-state index contributed by atoms with van der Waals surface area (Å²) in [7, 11) is 0. The van der Waals surface area contributed by atoms with Crippen molar-refractivity contribution >= 4 is 17.6 Å². The summed E-state index contributed by atoms with van der Waals surface area (Å²) in [5.41, 5.74) is 4.55. The molecule has 0 saturated carbocycles. The van der Waals surface area contributed by atoms with E-state index in [9.17, 15) is 4.79 Å². The van der Waals surface area contributed by atoms with E-state index in [0.29, 0.717) is 12.4 Å². The molecule has 1 aromatic carbocycles. The third-order valence-corrected chi connectivity index (χ3v) is 4.61. The third-order valence-electron chi connectivity index (χ3n) is 4.61. The van der Waals surface area contributed by atoms with E-state index >= 15 is 0 Å². The topological polar surface area (TPSA) is 45.0 Å². The Labute approximate surface area is 132 Å². The Hall–Kier alpha value is -1.97. The fourth-order valence-corrected chi connectivity index (χ4v) is 3.15. The minimum absolute atomic E-state index is 0.0460. The van der Waals surface area contributed by atoms with Gasteiger partial charge in [-0.2, -0.15) is 4.99 Å². The van der Waals surface area contributed by atoms with E-state index in [1.165, 1.54) is 16.7 Å². The van der Waals surface area contributed by atoms with Crippen LogP contribution in [0, 0.1) is 19.8 Å². The second-order valence-corrected chi connectivity index (χ2v) is 6.38. The van der Waals surface area contributed by atoms with Gasteiger partial charge in [0.1, 0.15) is 0 Å². The molecule has 2 heterocycles. The predicted molar refractivity (Wildman–Crippen MR) is 89.5 cm³/mol. The van der Waals surface area contributed by atoms with Gasteiger partial charge in [-0.1, -0.05) is 23.8 Å². The summed E-state index contributed by atoms with van der Waals surface area (Å²) in [5.74, 6) is 0.361. The van der Waals surface area contributed by atoms with Crippen LogP contribution in [0.3, 0.4) is 0 Å². The van der Waals surface area contributed by atoms with Crippen LogP contribution in [-0.2, 0) is 11.2 Å². The smallest absolute Gasteiger partial charge is 0.258 e. The molecular formula is C18H23N3O. The summed E-state index contributed by atoms with van der Waals surface area (Å²) in [6, 6.07) is 6.38. The molecule has 2 aliphatic rings. The molecule has 1 fully saturated rings. The zero-order valence-corrected chi connectivity index (χ0v) is 13.6. The van der Waals surface area contributed by atoms with Crippen LogP contribution in [0.4, 0.5) is 0 Å². The van der Waals surface area contributed by atoms with E-state index < -0.39 is 0 Å². The van der Waals surface area contributed by atoms with Crippen LogP contribution in [0.25, 0.3) is 0 Å². The van der Waals surface area contributed by atoms with Gasteiger partial charge in [0.05, 0.1) is 5.92 Å². The number of benzene rings is 1. The Balaban J connectivity index is 1.80. The molecule has 0 aromatic heterocycles. The van der Waals surface area contributed by atoms with Crippen molar-refractivity contribution in [2.24, 2.45) is 15.9 Å². The van der Waals surface area contributed by atoms with Gasteiger partial charge in [-0.15, -0.1) is 0 Å². The number of guanidine groups is 1. The van der Waals surface area contributed by atoms with Crippen molar-refractivity contribution in [3.8, 4) is 0 Å². The molecule has 1 amide bonds. The summed E-state index contributed by atoms with van der Waals surface area (Å²) >= 11 is 0. The standard InChI is InChI=1S/C18H23N3O/c1-12-6-7-13(2)15(10-12)11-16-14(3)19-18(20-17(16)22)21-8-4-5-9-21/h6-7,10,16H,4-5,8-9,11H2,1-3H3. The molecule has 0 aliphatic carbocycles. The van der Waals surface area contributed by atoms with Crippen molar-refractivity contribution in [3.63, 3.8) is 0 Å². The molecule has 0 radical (unpaired) electrons. The summed E-state index contributed by atoms with van der Waals surface area (Å²) in [4.78, 5) is 23.5. The Morgan fingerprint density at radius 3 is 2.55 bits per heavy atom. The number of carbonyl (C=O) groups excluding carboxylic acids is 1. The molecule has 0 N–H and O–H groups in total. The van der Waals surface area contributed by atoms with Crippen LogP contribution in [-0.4, -0.2) is 35.6 Å². The number of amides is 1. The van der Waals surface area contributed by atoms with Gasteiger partial charge in [0.25, 0.3) is 5.91 Å². The first-order chi connectivity index (χ1) is 10.5. The molecule has 4 heteroatoms. The quantitative estimate of drug-likeness (QED) is 0.842. The first-order valence-electron chi connectivity index (χ1n) is 8.03. The summed E-state index contributed by atoms with van der Waals surface area (Å²) in [5, 5.41) is 0. The maximum atomic E-state index is 12.5. The van der Waals surface area contributed by atoms with E-state index in [4.69, 9.17) is 0 Å². The summed E-state index contributed by atoms with van der Waals surface area (Å²) < 4.78 is 0. The Morgan fingerprint density at radius 2 is 1.86 bits per heavy atom. The number of carbonyl (C=O) groups is 1. The van der Waals surface area contributed by atoms with Gasteiger partial charge < -0.3 is 4.90 Å². The van der Waals surface area contributed by atoms with Crippen molar-refractivity contribution in [3.05, 3.63) is 34.9 Å². The fourth-order valence-electron chi connectivity index (χ4n) is 3.15. The Morgan fingerprint density at radius 1 is 1.14 bits per heavy atom. The zero-order valence-electron chi connectivity index (χ0n) is 13.6. The molecule has 1 saturated heterocycles. The van der Waals surface area contributed by atoms with Gasteiger partial charge in [-0.05, 0) is 51.2 Å². The second-order valence-electron chi connectivity index (χ2n) is 6.38. The van der Waals surface area contributed by atoms with Crippen LogP contribution < -0.4 is 0 Å². The number of aryl methyl sites for hydroxylation is 2. The van der Waals surface area contributed by atoms with E-state index in [0.717, 1.165) is 31.6 Å². The molecule has 22 heavy (non-hydrogen) atoms. The van der Waals surface area contributed by atoms with Gasteiger partial charge in [-0.3, -0.25) is 4.79 Å².